The summed E-state index contributed by atoms with van der Waals surface area (Å²) in [5.74, 6) is 6.06. The Morgan fingerprint density at radius 2 is 2.13 bits per heavy atom. The van der Waals surface area contributed by atoms with E-state index in [1.165, 1.54) is 0 Å². The van der Waals surface area contributed by atoms with E-state index in [4.69, 9.17) is 11.6 Å². The lowest BCUT2D eigenvalue weighted by Crippen LogP contribution is -2.16. The van der Waals surface area contributed by atoms with Crippen LogP contribution in [0.15, 0.2) is 24.3 Å². The van der Waals surface area contributed by atoms with Gasteiger partial charge in [0.25, 0.3) is 0 Å². The van der Waals surface area contributed by atoms with Crippen LogP contribution < -0.4 is 5.32 Å². The molecule has 0 bridgehead atoms. The second-order valence-corrected chi connectivity index (χ2v) is 3.99. The molecule has 3 heteroatoms. The molecule has 2 atom stereocenters. The number of aliphatic hydroxyl groups is 1. The highest BCUT2D eigenvalue weighted by Crippen LogP contribution is 2.14. The molecule has 78 valence electrons. The van der Waals surface area contributed by atoms with Crippen LogP contribution in [-0.4, -0.2) is 24.3 Å². The van der Waals surface area contributed by atoms with E-state index in [0.717, 1.165) is 12.1 Å². The van der Waals surface area contributed by atoms with Crippen molar-refractivity contribution in [3.8, 4) is 11.8 Å². The van der Waals surface area contributed by atoms with E-state index in [1.54, 1.807) is 0 Å². The molecule has 0 spiro atoms. The zero-order valence-electron chi connectivity index (χ0n) is 8.20. The second-order valence-electron chi connectivity index (χ2n) is 3.58. The first-order valence-corrected chi connectivity index (χ1v) is 5.30. The van der Waals surface area contributed by atoms with Gasteiger partial charge < -0.3 is 10.4 Å². The normalized spacial score (nSPS) is 24.7. The van der Waals surface area contributed by atoms with Crippen LogP contribution in [-0.2, 0) is 0 Å². The third-order valence-electron chi connectivity index (χ3n) is 2.45. The molecule has 0 saturated carbocycles. The average molecular weight is 222 g/mol. The Kier molecular flexibility index (Phi) is 3.27. The number of nitrogens with one attached hydrogen (secondary N) is 1. The predicted molar refractivity (Wildman–Crippen MR) is 60.7 cm³/mol. The van der Waals surface area contributed by atoms with Crippen molar-refractivity contribution >= 4 is 11.6 Å². The van der Waals surface area contributed by atoms with Crippen LogP contribution in [0.5, 0.6) is 0 Å². The summed E-state index contributed by atoms with van der Waals surface area (Å²) >= 11 is 5.97. The van der Waals surface area contributed by atoms with Crippen LogP contribution in [0.3, 0.4) is 0 Å². The van der Waals surface area contributed by atoms with Crippen LogP contribution in [0.25, 0.3) is 0 Å². The SMILES string of the molecule is O[C@@H]1CNC[C@H]1C#Cc1ccccc1Cl. The predicted octanol–water partition coefficient (Wildman–Crippen LogP) is 1.27. The molecule has 15 heavy (non-hydrogen) atoms. The summed E-state index contributed by atoms with van der Waals surface area (Å²) in [6, 6.07) is 7.47. The fourth-order valence-corrected chi connectivity index (χ4v) is 1.73. The van der Waals surface area contributed by atoms with Crippen molar-refractivity contribution in [2.75, 3.05) is 13.1 Å². The number of benzene rings is 1. The summed E-state index contributed by atoms with van der Waals surface area (Å²) < 4.78 is 0. The minimum Gasteiger partial charge on any atom is -0.390 e. The summed E-state index contributed by atoms with van der Waals surface area (Å²) in [6.07, 6.45) is -0.361. The van der Waals surface area contributed by atoms with Gasteiger partial charge in [-0.2, -0.15) is 0 Å². The number of aliphatic hydroxyl groups excluding tert-OH is 1. The standard InChI is InChI=1S/C12H12ClNO/c13-11-4-2-1-3-9(11)5-6-10-7-14-8-12(10)15/h1-4,10,12,14-15H,7-8H2/t10-,12-/m1/s1. The van der Waals surface area contributed by atoms with Crippen LogP contribution in [0.1, 0.15) is 5.56 Å². The molecule has 1 aromatic carbocycles. The van der Waals surface area contributed by atoms with Crippen LogP contribution in [0.4, 0.5) is 0 Å². The van der Waals surface area contributed by atoms with E-state index in [9.17, 15) is 5.11 Å². The third kappa shape index (κ3) is 2.51. The Morgan fingerprint density at radius 1 is 1.33 bits per heavy atom. The summed E-state index contributed by atoms with van der Waals surface area (Å²) in [5, 5.41) is 13.3. The monoisotopic (exact) mass is 221 g/mol. The Hall–Kier alpha value is -1.01. The molecule has 0 aliphatic carbocycles. The molecule has 1 aromatic rings. The molecule has 2 nitrogen and oxygen atoms in total. The van der Waals surface area contributed by atoms with Crippen molar-refractivity contribution in [2.24, 2.45) is 5.92 Å². The van der Waals surface area contributed by atoms with Gasteiger partial charge in [-0.3, -0.25) is 0 Å². The fraction of sp³-hybridized carbons (Fsp3) is 0.333. The third-order valence-corrected chi connectivity index (χ3v) is 2.78. The number of hydrogen-bond donors (Lipinski definition) is 2. The molecular formula is C12H12ClNO. The van der Waals surface area contributed by atoms with Gasteiger partial charge in [-0.25, -0.2) is 0 Å². The minimum atomic E-state index is -0.361. The minimum absolute atomic E-state index is 0.0151. The van der Waals surface area contributed by atoms with Gasteiger partial charge in [-0.15, -0.1) is 0 Å². The first-order valence-electron chi connectivity index (χ1n) is 4.92. The van der Waals surface area contributed by atoms with Crippen molar-refractivity contribution in [3.05, 3.63) is 34.9 Å². The highest BCUT2D eigenvalue weighted by atomic mass is 35.5. The van der Waals surface area contributed by atoms with Gasteiger partial charge in [0.05, 0.1) is 17.0 Å². The number of hydrogen-bond acceptors (Lipinski definition) is 2. The van der Waals surface area contributed by atoms with E-state index in [1.807, 2.05) is 24.3 Å². The topological polar surface area (TPSA) is 32.3 Å². The highest BCUT2D eigenvalue weighted by Gasteiger charge is 2.22. The van der Waals surface area contributed by atoms with Gasteiger partial charge in [0.15, 0.2) is 0 Å². The highest BCUT2D eigenvalue weighted by molar-refractivity contribution is 6.31. The van der Waals surface area contributed by atoms with Crippen molar-refractivity contribution < 1.29 is 5.11 Å². The maximum atomic E-state index is 9.54. The smallest absolute Gasteiger partial charge is 0.0814 e. The van der Waals surface area contributed by atoms with Crippen molar-refractivity contribution in [2.45, 2.75) is 6.10 Å². The molecule has 0 aromatic heterocycles. The summed E-state index contributed by atoms with van der Waals surface area (Å²) in [6.45, 7) is 1.38. The number of rotatable bonds is 0. The molecule has 1 aliphatic heterocycles. The van der Waals surface area contributed by atoms with Crippen LogP contribution in [0, 0.1) is 17.8 Å². The molecule has 1 fully saturated rings. The molecule has 1 saturated heterocycles. The van der Waals surface area contributed by atoms with Gasteiger partial charge in [-0.05, 0) is 12.1 Å². The van der Waals surface area contributed by atoms with Gasteiger partial charge in [-0.1, -0.05) is 35.6 Å². The van der Waals surface area contributed by atoms with Crippen molar-refractivity contribution in [3.63, 3.8) is 0 Å². The lowest BCUT2D eigenvalue weighted by molar-refractivity contribution is 0.171. The summed E-state index contributed by atoms with van der Waals surface area (Å²) in [4.78, 5) is 0. The first-order chi connectivity index (χ1) is 7.27. The maximum absolute atomic E-state index is 9.54. The Morgan fingerprint density at radius 3 is 2.80 bits per heavy atom. The van der Waals surface area contributed by atoms with Gasteiger partial charge in [0.1, 0.15) is 0 Å². The van der Waals surface area contributed by atoms with Crippen molar-refractivity contribution in [1.82, 2.24) is 5.32 Å². The largest absolute Gasteiger partial charge is 0.390 e. The van der Waals surface area contributed by atoms with E-state index >= 15 is 0 Å². The van der Waals surface area contributed by atoms with Crippen molar-refractivity contribution in [1.29, 1.82) is 0 Å². The Balaban J connectivity index is 2.14. The number of halogens is 1. The van der Waals surface area contributed by atoms with Gasteiger partial charge >= 0.3 is 0 Å². The zero-order valence-corrected chi connectivity index (χ0v) is 8.96. The molecule has 2 rings (SSSR count). The maximum Gasteiger partial charge on any atom is 0.0814 e. The second kappa shape index (κ2) is 4.67. The number of β-amino-alcohol motifs (C(OH)–C–C–N with tert-alkyl or cyclic N) is 1. The van der Waals surface area contributed by atoms with E-state index in [0.29, 0.717) is 11.6 Å². The zero-order chi connectivity index (χ0) is 10.7. The van der Waals surface area contributed by atoms with E-state index in [2.05, 4.69) is 17.2 Å². The molecule has 1 aliphatic rings. The van der Waals surface area contributed by atoms with Crippen LogP contribution >= 0.6 is 11.6 Å². The Bertz CT molecular complexity index is 408. The lowest BCUT2D eigenvalue weighted by atomic mass is 10.1. The molecule has 0 amide bonds. The van der Waals surface area contributed by atoms with E-state index < -0.39 is 0 Å². The Labute approximate surface area is 94.3 Å². The van der Waals surface area contributed by atoms with Crippen LogP contribution in [0.2, 0.25) is 5.02 Å². The molecule has 0 radical (unpaired) electrons. The summed E-state index contributed by atoms with van der Waals surface area (Å²) in [7, 11) is 0. The van der Waals surface area contributed by atoms with Gasteiger partial charge in [0.2, 0.25) is 0 Å². The summed E-state index contributed by atoms with van der Waals surface area (Å²) in [5.41, 5.74) is 0.818. The lowest BCUT2D eigenvalue weighted by Gasteiger charge is -2.03. The van der Waals surface area contributed by atoms with E-state index in [-0.39, 0.29) is 12.0 Å². The molecule has 1 heterocycles. The van der Waals surface area contributed by atoms with Gasteiger partial charge in [0, 0.05) is 18.7 Å². The molecular weight excluding hydrogens is 210 g/mol. The fourth-order valence-electron chi connectivity index (χ4n) is 1.55. The molecule has 0 unspecified atom stereocenters. The first kappa shape index (κ1) is 10.5. The average Bonchev–Trinajstić information content (AvgIpc) is 2.63. The molecule has 2 N–H and O–H groups in total. The quantitative estimate of drug-likeness (QED) is 0.647.